The van der Waals surface area contributed by atoms with Gasteiger partial charge in [0.15, 0.2) is 0 Å². The lowest BCUT2D eigenvalue weighted by atomic mass is 9.94. The summed E-state index contributed by atoms with van der Waals surface area (Å²) in [6.07, 6.45) is 3.77. The van der Waals surface area contributed by atoms with Crippen molar-refractivity contribution in [1.29, 1.82) is 0 Å². The predicted octanol–water partition coefficient (Wildman–Crippen LogP) is 2.81. The van der Waals surface area contributed by atoms with Crippen LogP contribution in [0.25, 0.3) is 0 Å². The van der Waals surface area contributed by atoms with Gasteiger partial charge in [-0.1, -0.05) is 12.8 Å². The Hall–Kier alpha value is -1.29. The van der Waals surface area contributed by atoms with E-state index in [4.69, 9.17) is 16.7 Å². The summed E-state index contributed by atoms with van der Waals surface area (Å²) in [4.78, 5) is 11.9. The summed E-state index contributed by atoms with van der Waals surface area (Å²) in [5.74, 6) is -1.41. The summed E-state index contributed by atoms with van der Waals surface area (Å²) in [5.41, 5.74) is -0.0674. The van der Waals surface area contributed by atoms with Crippen LogP contribution in [0.15, 0.2) is 18.2 Å². The third kappa shape index (κ3) is 2.93. The highest BCUT2D eigenvalue weighted by Gasteiger charge is 2.25. The minimum Gasteiger partial charge on any atom is -0.508 e. The smallest absolute Gasteiger partial charge is 0.254 e. The number of aromatic hydroxyl groups is 1. The summed E-state index contributed by atoms with van der Waals surface area (Å²) in [6, 6.07) is 3.37. The molecule has 1 saturated carbocycles. The zero-order chi connectivity index (χ0) is 13.1. The summed E-state index contributed by atoms with van der Waals surface area (Å²) in [7, 11) is 0. The Balaban J connectivity index is 2.07. The number of nitrogens with one attached hydrogen (secondary N) is 1. The average molecular weight is 272 g/mol. The van der Waals surface area contributed by atoms with Gasteiger partial charge in [-0.15, -0.1) is 11.6 Å². The fourth-order valence-electron chi connectivity index (χ4n) is 2.18. The van der Waals surface area contributed by atoms with Crippen molar-refractivity contribution >= 4 is 17.5 Å². The Morgan fingerprint density at radius 1 is 1.39 bits per heavy atom. The Morgan fingerprint density at radius 2 is 2.11 bits per heavy atom. The zero-order valence-corrected chi connectivity index (χ0v) is 10.6. The fraction of sp³-hybridized carbons (Fsp3) is 0.462. The van der Waals surface area contributed by atoms with Crippen molar-refractivity contribution in [3.8, 4) is 5.75 Å². The normalized spacial score (nSPS) is 23.7. The lowest BCUT2D eigenvalue weighted by molar-refractivity contribution is 0.0924. The van der Waals surface area contributed by atoms with E-state index in [1.165, 1.54) is 12.1 Å². The number of hydrogen-bond donors (Lipinski definition) is 2. The van der Waals surface area contributed by atoms with Crippen LogP contribution in [0.1, 0.15) is 36.0 Å². The Labute approximate surface area is 110 Å². The van der Waals surface area contributed by atoms with Crippen LogP contribution < -0.4 is 5.32 Å². The largest absolute Gasteiger partial charge is 0.508 e. The number of halogens is 2. The second-order valence-corrected chi connectivity index (χ2v) is 5.11. The van der Waals surface area contributed by atoms with Crippen molar-refractivity contribution in [2.75, 3.05) is 0 Å². The molecule has 0 spiro atoms. The van der Waals surface area contributed by atoms with Gasteiger partial charge in [0.05, 0.1) is 10.9 Å². The Kier molecular flexibility index (Phi) is 4.07. The number of phenols is 1. The van der Waals surface area contributed by atoms with Crippen LogP contribution in [0.2, 0.25) is 0 Å². The van der Waals surface area contributed by atoms with Crippen LogP contribution in [-0.4, -0.2) is 22.4 Å². The Morgan fingerprint density at radius 3 is 2.78 bits per heavy atom. The van der Waals surface area contributed by atoms with E-state index >= 15 is 0 Å². The van der Waals surface area contributed by atoms with E-state index in [-0.39, 0.29) is 22.7 Å². The highest BCUT2D eigenvalue weighted by atomic mass is 35.5. The lowest BCUT2D eigenvalue weighted by Gasteiger charge is -2.27. The molecule has 1 aliphatic carbocycles. The van der Waals surface area contributed by atoms with Gasteiger partial charge >= 0.3 is 0 Å². The van der Waals surface area contributed by atoms with Crippen LogP contribution in [0.5, 0.6) is 5.75 Å². The fourth-order valence-corrected chi connectivity index (χ4v) is 2.53. The van der Waals surface area contributed by atoms with Gasteiger partial charge in [0.1, 0.15) is 11.6 Å². The third-order valence-electron chi connectivity index (χ3n) is 3.20. The lowest BCUT2D eigenvalue weighted by Crippen LogP contribution is -2.43. The number of rotatable bonds is 2. The highest BCUT2D eigenvalue weighted by molar-refractivity contribution is 6.21. The first-order valence-electron chi connectivity index (χ1n) is 6.01. The van der Waals surface area contributed by atoms with E-state index < -0.39 is 11.7 Å². The molecule has 5 heteroatoms. The molecule has 0 saturated heterocycles. The first kappa shape index (κ1) is 13.1. The number of carbonyl (C=O) groups is 1. The summed E-state index contributed by atoms with van der Waals surface area (Å²) < 4.78 is 13.5. The van der Waals surface area contributed by atoms with Crippen molar-refractivity contribution in [2.45, 2.75) is 37.1 Å². The molecule has 2 N–H and O–H groups in total. The molecule has 0 bridgehead atoms. The molecule has 0 aromatic heterocycles. The number of benzene rings is 1. The second kappa shape index (κ2) is 5.57. The maximum Gasteiger partial charge on any atom is 0.254 e. The topological polar surface area (TPSA) is 49.3 Å². The standard InChI is InChI=1S/C13H15ClFNO2/c14-10-3-1-2-4-12(10)16-13(18)9-6-5-8(17)7-11(9)15/h5-7,10,12,17H,1-4H2,(H,16,18). The van der Waals surface area contributed by atoms with Crippen molar-refractivity contribution in [3.05, 3.63) is 29.6 Å². The maximum atomic E-state index is 13.5. The molecule has 18 heavy (non-hydrogen) atoms. The van der Waals surface area contributed by atoms with Crippen molar-refractivity contribution in [1.82, 2.24) is 5.32 Å². The van der Waals surface area contributed by atoms with Gasteiger partial charge in [0, 0.05) is 12.1 Å². The van der Waals surface area contributed by atoms with E-state index in [1.807, 2.05) is 0 Å². The van der Waals surface area contributed by atoms with Gasteiger partial charge < -0.3 is 10.4 Å². The van der Waals surface area contributed by atoms with E-state index in [9.17, 15) is 9.18 Å². The van der Waals surface area contributed by atoms with Crippen LogP contribution in [0.3, 0.4) is 0 Å². The molecule has 1 fully saturated rings. The molecular weight excluding hydrogens is 257 g/mol. The van der Waals surface area contributed by atoms with E-state index in [0.29, 0.717) is 0 Å². The third-order valence-corrected chi connectivity index (χ3v) is 3.72. The van der Waals surface area contributed by atoms with E-state index in [0.717, 1.165) is 31.7 Å². The summed E-state index contributed by atoms with van der Waals surface area (Å²) >= 11 is 6.13. The van der Waals surface area contributed by atoms with Crippen LogP contribution in [0, 0.1) is 5.82 Å². The molecule has 0 heterocycles. The molecule has 2 unspecified atom stereocenters. The van der Waals surface area contributed by atoms with Crippen LogP contribution >= 0.6 is 11.6 Å². The quantitative estimate of drug-likeness (QED) is 0.813. The van der Waals surface area contributed by atoms with Crippen molar-refractivity contribution < 1.29 is 14.3 Å². The molecule has 2 rings (SSSR count). The molecule has 1 aliphatic rings. The van der Waals surface area contributed by atoms with E-state index in [2.05, 4.69) is 5.32 Å². The van der Waals surface area contributed by atoms with Crippen LogP contribution in [-0.2, 0) is 0 Å². The number of carbonyl (C=O) groups excluding carboxylic acids is 1. The molecule has 0 aliphatic heterocycles. The average Bonchev–Trinajstić information content (AvgIpc) is 2.32. The van der Waals surface area contributed by atoms with E-state index in [1.54, 1.807) is 0 Å². The van der Waals surface area contributed by atoms with Gasteiger partial charge in [-0.3, -0.25) is 4.79 Å². The molecule has 0 radical (unpaired) electrons. The number of alkyl halides is 1. The molecule has 98 valence electrons. The first-order valence-corrected chi connectivity index (χ1v) is 6.45. The van der Waals surface area contributed by atoms with Gasteiger partial charge in [0.25, 0.3) is 5.91 Å². The number of hydrogen-bond acceptors (Lipinski definition) is 2. The van der Waals surface area contributed by atoms with Gasteiger partial charge in [-0.05, 0) is 25.0 Å². The molecule has 1 aromatic rings. The molecule has 1 aromatic carbocycles. The van der Waals surface area contributed by atoms with Gasteiger partial charge in [0.2, 0.25) is 0 Å². The zero-order valence-electron chi connectivity index (χ0n) is 9.83. The highest BCUT2D eigenvalue weighted by Crippen LogP contribution is 2.23. The second-order valence-electron chi connectivity index (χ2n) is 4.54. The number of phenolic OH excluding ortho intramolecular Hbond substituents is 1. The van der Waals surface area contributed by atoms with Gasteiger partial charge in [-0.2, -0.15) is 0 Å². The Bertz CT molecular complexity index is 453. The van der Waals surface area contributed by atoms with Crippen LogP contribution in [0.4, 0.5) is 4.39 Å². The predicted molar refractivity (Wildman–Crippen MR) is 67.4 cm³/mol. The minimum absolute atomic E-state index is 0.0674. The molecule has 2 atom stereocenters. The van der Waals surface area contributed by atoms with Crippen molar-refractivity contribution in [3.63, 3.8) is 0 Å². The number of amides is 1. The molecule has 1 amide bonds. The SMILES string of the molecule is O=C(NC1CCCCC1Cl)c1ccc(O)cc1F. The first-order chi connectivity index (χ1) is 8.58. The van der Waals surface area contributed by atoms with Gasteiger partial charge in [-0.25, -0.2) is 4.39 Å². The summed E-state index contributed by atoms with van der Waals surface area (Å²) in [6.45, 7) is 0. The molecular formula is C13H15ClFNO2. The minimum atomic E-state index is -0.727. The monoisotopic (exact) mass is 271 g/mol. The summed E-state index contributed by atoms with van der Waals surface area (Å²) in [5, 5.41) is 11.7. The molecule has 3 nitrogen and oxygen atoms in total. The van der Waals surface area contributed by atoms with Crippen molar-refractivity contribution in [2.24, 2.45) is 0 Å². The maximum absolute atomic E-state index is 13.5.